The predicted octanol–water partition coefficient (Wildman–Crippen LogP) is 5.11. The lowest BCUT2D eigenvalue weighted by Gasteiger charge is -2.21. The first-order valence-corrected chi connectivity index (χ1v) is 13.5. The molecule has 11 nitrogen and oxygen atoms in total. The van der Waals surface area contributed by atoms with Crippen LogP contribution >= 0.6 is 0 Å². The number of likely N-dealkylation sites (N-methyl/N-ethyl adjacent to an activating group) is 1. The molecule has 3 aromatic carbocycles. The number of carbonyl (C=O) groups is 4. The summed E-state index contributed by atoms with van der Waals surface area (Å²) in [6.45, 7) is 3.59. The minimum absolute atomic E-state index is 0.0554. The van der Waals surface area contributed by atoms with Crippen LogP contribution in [0.15, 0.2) is 83.4 Å². The molecule has 1 unspecified atom stereocenters. The molecule has 0 aliphatic heterocycles. The highest BCUT2D eigenvalue weighted by Gasteiger charge is 2.22. The average Bonchev–Trinajstić information content (AvgIpc) is 3.43. The number of para-hydroxylation sites is 1. The molecule has 11 heteroatoms. The van der Waals surface area contributed by atoms with Crippen LogP contribution in [0.2, 0.25) is 0 Å². The zero-order valence-corrected chi connectivity index (χ0v) is 24.3. The van der Waals surface area contributed by atoms with Crippen LogP contribution in [0.1, 0.15) is 45.4 Å². The van der Waals surface area contributed by atoms with Gasteiger partial charge in [-0.2, -0.15) is 0 Å². The first-order valence-electron chi connectivity index (χ1n) is 13.5. The average molecular weight is 584 g/mol. The molecule has 0 fully saturated rings. The monoisotopic (exact) mass is 583 g/mol. The molecule has 0 aliphatic carbocycles. The summed E-state index contributed by atoms with van der Waals surface area (Å²) in [5.41, 5.74) is 4.38. The number of carbonyl (C=O) groups excluding carboxylic acids is 3. The van der Waals surface area contributed by atoms with E-state index < -0.39 is 17.9 Å². The number of hydrogen-bond donors (Lipinski definition) is 3. The number of rotatable bonds is 10. The van der Waals surface area contributed by atoms with Gasteiger partial charge in [0.2, 0.25) is 5.91 Å². The van der Waals surface area contributed by atoms with Crippen LogP contribution in [0.25, 0.3) is 0 Å². The van der Waals surface area contributed by atoms with Crippen molar-refractivity contribution in [1.82, 2.24) is 10.5 Å². The van der Waals surface area contributed by atoms with Crippen LogP contribution in [0.4, 0.5) is 21.9 Å². The maximum Gasteiger partial charge on any atom is 0.326 e. The van der Waals surface area contributed by atoms with Crippen LogP contribution in [0.3, 0.4) is 0 Å². The Kier molecular flexibility index (Phi) is 9.56. The van der Waals surface area contributed by atoms with Gasteiger partial charge < -0.3 is 25.2 Å². The molecule has 1 aromatic heterocycles. The lowest BCUT2D eigenvalue weighted by molar-refractivity contribution is -0.137. The van der Waals surface area contributed by atoms with E-state index in [1.165, 1.54) is 11.0 Å². The topological polar surface area (TPSA) is 145 Å². The van der Waals surface area contributed by atoms with Crippen LogP contribution in [0, 0.1) is 13.8 Å². The van der Waals surface area contributed by atoms with E-state index >= 15 is 0 Å². The summed E-state index contributed by atoms with van der Waals surface area (Å²) in [4.78, 5) is 52.8. The Morgan fingerprint density at radius 1 is 0.907 bits per heavy atom. The highest BCUT2D eigenvalue weighted by molar-refractivity contribution is 6.02. The van der Waals surface area contributed by atoms with Crippen molar-refractivity contribution < 1.29 is 28.8 Å². The Labute approximate surface area is 249 Å². The number of benzene rings is 3. The van der Waals surface area contributed by atoms with E-state index in [1.54, 1.807) is 74.4 Å². The second-order valence-corrected chi connectivity index (χ2v) is 10.1. The van der Waals surface area contributed by atoms with Crippen LogP contribution in [-0.2, 0) is 16.0 Å². The number of hydrogen-bond acceptors (Lipinski definition) is 6. The second kappa shape index (κ2) is 13.5. The molecule has 0 saturated carbocycles. The second-order valence-electron chi connectivity index (χ2n) is 10.1. The number of carboxylic acid groups (broad SMARTS) is 1. The minimum Gasteiger partial charge on any atom is -0.481 e. The van der Waals surface area contributed by atoms with Crippen LogP contribution < -0.4 is 20.4 Å². The van der Waals surface area contributed by atoms with E-state index in [0.29, 0.717) is 22.7 Å². The van der Waals surface area contributed by atoms with E-state index in [4.69, 9.17) is 4.52 Å². The molecule has 4 amide bonds. The van der Waals surface area contributed by atoms with Gasteiger partial charge in [0.05, 0.1) is 18.9 Å². The number of amides is 4. The standard InChI is InChI=1S/C32H33N5O6/c1-20-7-5-6-8-28(20)37(4)32(42)33-24-13-9-22(10-14-24)18-29(38)36(3)25-15-11-23(12-16-25)26(19-30(39)40)34-31(41)27-17-21(2)43-35-27/h5-17,26H,18-19H2,1-4H3,(H,33,42)(H,34,41)(H,39,40). The molecule has 222 valence electrons. The summed E-state index contributed by atoms with van der Waals surface area (Å²) >= 11 is 0. The third kappa shape index (κ3) is 7.85. The number of nitrogens with zero attached hydrogens (tertiary/aromatic N) is 3. The SMILES string of the molecule is Cc1cc(C(=O)NC(CC(=O)O)c2ccc(N(C)C(=O)Cc3ccc(NC(=O)N(C)c4ccccc4C)cc3)cc2)no1. The minimum atomic E-state index is -1.08. The summed E-state index contributed by atoms with van der Waals surface area (Å²) in [6, 6.07) is 21.8. The Bertz CT molecular complexity index is 1610. The molecule has 1 heterocycles. The van der Waals surface area contributed by atoms with Gasteiger partial charge >= 0.3 is 12.0 Å². The zero-order valence-electron chi connectivity index (χ0n) is 24.3. The lowest BCUT2D eigenvalue weighted by Crippen LogP contribution is -2.31. The van der Waals surface area contributed by atoms with Crippen molar-refractivity contribution in [2.24, 2.45) is 0 Å². The van der Waals surface area contributed by atoms with Gasteiger partial charge in [-0.15, -0.1) is 0 Å². The highest BCUT2D eigenvalue weighted by atomic mass is 16.5. The van der Waals surface area contributed by atoms with E-state index in [1.807, 2.05) is 31.2 Å². The van der Waals surface area contributed by atoms with E-state index in [0.717, 1.165) is 16.8 Å². The molecular weight excluding hydrogens is 550 g/mol. The third-order valence-corrected chi connectivity index (χ3v) is 6.94. The Morgan fingerprint density at radius 3 is 2.19 bits per heavy atom. The first kappa shape index (κ1) is 30.5. The quantitative estimate of drug-likeness (QED) is 0.235. The third-order valence-electron chi connectivity index (χ3n) is 6.94. The fourth-order valence-electron chi connectivity index (χ4n) is 4.46. The van der Waals surface area contributed by atoms with Crippen molar-refractivity contribution in [3.63, 3.8) is 0 Å². The smallest absolute Gasteiger partial charge is 0.326 e. The predicted molar refractivity (Wildman–Crippen MR) is 162 cm³/mol. The lowest BCUT2D eigenvalue weighted by atomic mass is 10.0. The summed E-state index contributed by atoms with van der Waals surface area (Å²) in [5.74, 6) is -1.34. The molecule has 0 saturated heterocycles. The Hall–Kier alpha value is -5.45. The van der Waals surface area contributed by atoms with Gasteiger partial charge in [-0.1, -0.05) is 47.6 Å². The number of anilines is 3. The van der Waals surface area contributed by atoms with Gasteiger partial charge in [-0.3, -0.25) is 19.3 Å². The number of aliphatic carboxylic acids is 1. The molecule has 0 spiro atoms. The largest absolute Gasteiger partial charge is 0.481 e. The molecule has 1 atom stereocenters. The van der Waals surface area contributed by atoms with E-state index in [2.05, 4.69) is 15.8 Å². The summed E-state index contributed by atoms with van der Waals surface area (Å²) < 4.78 is 4.93. The van der Waals surface area contributed by atoms with Gasteiger partial charge in [0, 0.05) is 37.2 Å². The molecule has 3 N–H and O–H groups in total. The molecule has 4 aromatic rings. The van der Waals surface area contributed by atoms with Gasteiger partial charge in [0.15, 0.2) is 5.69 Å². The van der Waals surface area contributed by atoms with Crippen molar-refractivity contribution in [2.75, 3.05) is 29.2 Å². The van der Waals surface area contributed by atoms with Gasteiger partial charge in [-0.25, -0.2) is 4.79 Å². The highest BCUT2D eigenvalue weighted by Crippen LogP contribution is 2.23. The maximum atomic E-state index is 13.0. The molecule has 0 aliphatic rings. The van der Waals surface area contributed by atoms with E-state index in [-0.39, 0.29) is 30.5 Å². The Balaban J connectivity index is 1.36. The number of aryl methyl sites for hydroxylation is 2. The van der Waals surface area contributed by atoms with Crippen molar-refractivity contribution in [2.45, 2.75) is 32.7 Å². The molecule has 43 heavy (non-hydrogen) atoms. The van der Waals surface area contributed by atoms with Crippen molar-refractivity contribution >= 4 is 40.9 Å². The molecular formula is C32H33N5O6. The normalized spacial score (nSPS) is 11.3. The summed E-state index contributed by atoms with van der Waals surface area (Å²) in [7, 11) is 3.35. The van der Waals surface area contributed by atoms with Gasteiger partial charge in [0.25, 0.3) is 5.91 Å². The first-order chi connectivity index (χ1) is 20.5. The van der Waals surface area contributed by atoms with Crippen molar-refractivity contribution in [3.05, 3.63) is 107 Å². The number of aromatic nitrogens is 1. The van der Waals surface area contributed by atoms with Gasteiger partial charge in [0.1, 0.15) is 5.76 Å². The summed E-state index contributed by atoms with van der Waals surface area (Å²) in [6.07, 6.45) is -0.209. The van der Waals surface area contributed by atoms with E-state index in [9.17, 15) is 24.3 Å². The van der Waals surface area contributed by atoms with Gasteiger partial charge in [-0.05, 0) is 60.9 Å². The molecule has 0 bridgehead atoms. The van der Waals surface area contributed by atoms with Crippen LogP contribution in [-0.4, -0.2) is 48.2 Å². The Morgan fingerprint density at radius 2 is 1.58 bits per heavy atom. The molecule has 0 radical (unpaired) electrons. The fraction of sp³-hybridized carbons (Fsp3) is 0.219. The number of carboxylic acids is 1. The fourth-order valence-corrected chi connectivity index (χ4v) is 4.46. The molecule has 4 rings (SSSR count). The zero-order chi connectivity index (χ0) is 31.1. The maximum absolute atomic E-state index is 13.0. The summed E-state index contributed by atoms with van der Waals surface area (Å²) in [5, 5.41) is 18.6. The van der Waals surface area contributed by atoms with Crippen LogP contribution in [0.5, 0.6) is 0 Å². The van der Waals surface area contributed by atoms with Crippen molar-refractivity contribution in [1.29, 1.82) is 0 Å². The van der Waals surface area contributed by atoms with Crippen molar-refractivity contribution in [3.8, 4) is 0 Å². The number of urea groups is 1. The number of nitrogens with one attached hydrogen (secondary N) is 2.